The van der Waals surface area contributed by atoms with Gasteiger partial charge in [-0.1, -0.05) is 129 Å². The highest BCUT2D eigenvalue weighted by atomic mass is 16.4. The average molecular weight is 937 g/mol. The van der Waals surface area contributed by atoms with E-state index in [4.69, 9.17) is 5.73 Å². The van der Waals surface area contributed by atoms with Crippen molar-refractivity contribution in [1.29, 1.82) is 0 Å². The SMILES string of the molecule is CC[C@H](C)[C@H](NC(=O)[C@H](Cc1ccccc1)NC(=O)[C@H](CO)NC(=O)[C@@H](N)C(C)C)C(=O)N[C@@H](CCC(=O)O)C(=O)N[C@@H](Cc1ccccc1)C(=O)N[C@H](C(=O)N[C@H](C=O)[C@@H](C)CC)C(C)C. The van der Waals surface area contributed by atoms with Crippen LogP contribution in [0.5, 0.6) is 0 Å². The number of aliphatic hydroxyl groups excluding tert-OH is 1. The van der Waals surface area contributed by atoms with Gasteiger partial charge in [-0.2, -0.15) is 0 Å². The molecule has 67 heavy (non-hydrogen) atoms. The summed E-state index contributed by atoms with van der Waals surface area (Å²) >= 11 is 0. The van der Waals surface area contributed by atoms with Gasteiger partial charge in [-0.3, -0.25) is 38.4 Å². The number of nitrogens with one attached hydrogen (secondary N) is 7. The van der Waals surface area contributed by atoms with Gasteiger partial charge in [-0.05, 0) is 41.2 Å². The van der Waals surface area contributed by atoms with Gasteiger partial charge in [0.25, 0.3) is 0 Å². The molecule has 7 amide bonds. The molecule has 0 saturated carbocycles. The molecule has 0 spiro atoms. The zero-order valence-electron chi connectivity index (χ0n) is 39.9. The lowest BCUT2D eigenvalue weighted by Gasteiger charge is -2.30. The van der Waals surface area contributed by atoms with E-state index in [9.17, 15) is 53.4 Å². The third-order valence-electron chi connectivity index (χ3n) is 11.7. The van der Waals surface area contributed by atoms with Gasteiger partial charge in [0.15, 0.2) is 0 Å². The molecule has 2 aromatic rings. The van der Waals surface area contributed by atoms with Crippen molar-refractivity contribution in [2.75, 3.05) is 6.61 Å². The van der Waals surface area contributed by atoms with E-state index in [1.54, 1.807) is 109 Å². The van der Waals surface area contributed by atoms with Crippen molar-refractivity contribution in [3.8, 4) is 0 Å². The number of carboxylic acid groups (broad SMARTS) is 1. The van der Waals surface area contributed by atoms with Crippen LogP contribution in [0.15, 0.2) is 60.7 Å². The summed E-state index contributed by atoms with van der Waals surface area (Å²) < 4.78 is 0. The minimum Gasteiger partial charge on any atom is -0.481 e. The van der Waals surface area contributed by atoms with Gasteiger partial charge in [0, 0.05) is 19.3 Å². The Hall–Kier alpha value is -6.21. The van der Waals surface area contributed by atoms with Crippen molar-refractivity contribution in [3.63, 3.8) is 0 Å². The van der Waals surface area contributed by atoms with Gasteiger partial charge in [0.05, 0.1) is 18.7 Å². The minimum atomic E-state index is -1.54. The summed E-state index contributed by atoms with van der Waals surface area (Å²) in [6.07, 6.45) is 0.434. The molecule has 370 valence electrons. The van der Waals surface area contributed by atoms with Crippen molar-refractivity contribution < 1.29 is 53.4 Å². The van der Waals surface area contributed by atoms with Gasteiger partial charge in [-0.25, -0.2) is 0 Å². The van der Waals surface area contributed by atoms with Gasteiger partial charge in [-0.15, -0.1) is 0 Å². The first-order valence-corrected chi connectivity index (χ1v) is 22.9. The first kappa shape index (κ1) is 56.9. The molecular weight excluding hydrogens is 865 g/mol. The van der Waals surface area contributed by atoms with E-state index in [1.165, 1.54) is 0 Å². The van der Waals surface area contributed by atoms with Crippen molar-refractivity contribution in [3.05, 3.63) is 71.8 Å². The first-order chi connectivity index (χ1) is 31.7. The number of carboxylic acids is 1. The third kappa shape index (κ3) is 18.9. The standard InChI is InChI=1S/C48H72N8O11/c1-9-29(7)36(25-57)53-47(66)40(28(5)6)55-43(62)34(23-31-17-13-11-14-18-31)51-42(61)33(21-22-38(59)60)50-48(67)41(30(8)10-2)56-44(63)35(24-32-19-15-12-16-20-32)52-45(64)37(26-58)54-46(65)39(49)27(3)4/h11-20,25,27-30,33-37,39-41,58H,9-10,21-24,26,49H2,1-8H3,(H,50,67)(H,51,61)(H,52,64)(H,53,66)(H,54,65)(H,55,62)(H,56,63)(H,59,60)/t29-,30-,33-,34-,35-,36+,37-,39-,40-,41-/m0/s1. The highest BCUT2D eigenvalue weighted by Gasteiger charge is 2.36. The number of rotatable bonds is 29. The Morgan fingerprint density at radius 1 is 0.537 bits per heavy atom. The maximum Gasteiger partial charge on any atom is 0.303 e. The Labute approximate surface area is 393 Å². The fourth-order valence-corrected chi connectivity index (χ4v) is 6.79. The summed E-state index contributed by atoms with van der Waals surface area (Å²) in [7, 11) is 0. The minimum absolute atomic E-state index is 0.0697. The smallest absolute Gasteiger partial charge is 0.303 e. The Morgan fingerprint density at radius 3 is 1.37 bits per heavy atom. The van der Waals surface area contributed by atoms with E-state index in [2.05, 4.69) is 37.2 Å². The summed E-state index contributed by atoms with van der Waals surface area (Å²) in [4.78, 5) is 120. The molecule has 0 bridgehead atoms. The second kappa shape index (κ2) is 28.7. The molecular formula is C48H72N8O11. The summed E-state index contributed by atoms with van der Waals surface area (Å²) in [5, 5.41) is 38.0. The highest BCUT2D eigenvalue weighted by Crippen LogP contribution is 2.14. The lowest BCUT2D eigenvalue weighted by molar-refractivity contribution is -0.139. The molecule has 0 saturated heterocycles. The molecule has 19 nitrogen and oxygen atoms in total. The number of nitrogens with two attached hydrogens (primary N) is 1. The summed E-state index contributed by atoms with van der Waals surface area (Å²) in [6.45, 7) is 13.1. The average Bonchev–Trinajstić information content (AvgIpc) is 3.30. The fraction of sp³-hybridized carbons (Fsp3) is 0.562. The molecule has 2 rings (SSSR count). The number of aldehydes is 1. The van der Waals surface area contributed by atoms with Crippen LogP contribution in [0, 0.1) is 23.7 Å². The Morgan fingerprint density at radius 2 is 0.955 bits per heavy atom. The van der Waals surface area contributed by atoms with Gasteiger partial charge >= 0.3 is 5.97 Å². The molecule has 10 atom stereocenters. The largest absolute Gasteiger partial charge is 0.481 e. The van der Waals surface area contributed by atoms with Gasteiger partial charge in [0.2, 0.25) is 41.4 Å². The fourth-order valence-electron chi connectivity index (χ4n) is 6.79. The predicted molar refractivity (Wildman–Crippen MR) is 250 cm³/mol. The predicted octanol–water partition coefficient (Wildman–Crippen LogP) is 0.653. The molecule has 0 fully saturated rings. The zero-order chi connectivity index (χ0) is 50.4. The van der Waals surface area contributed by atoms with Crippen molar-refractivity contribution in [2.24, 2.45) is 29.4 Å². The summed E-state index contributed by atoms with van der Waals surface area (Å²) in [6, 6.07) is 7.32. The van der Waals surface area contributed by atoms with Crippen LogP contribution >= 0.6 is 0 Å². The monoisotopic (exact) mass is 937 g/mol. The summed E-state index contributed by atoms with van der Waals surface area (Å²) in [5.41, 5.74) is 7.18. The molecule has 0 aliphatic carbocycles. The highest BCUT2D eigenvalue weighted by molar-refractivity contribution is 5.98. The molecule has 19 heteroatoms. The quantitative estimate of drug-likeness (QED) is 0.0504. The number of hydrogen-bond acceptors (Lipinski definition) is 11. The van der Waals surface area contributed by atoms with Gasteiger partial charge < -0.3 is 58.0 Å². The van der Waals surface area contributed by atoms with E-state index in [0.29, 0.717) is 30.3 Å². The Kier molecular flexibility index (Phi) is 24.4. The van der Waals surface area contributed by atoms with Crippen LogP contribution in [-0.2, 0) is 56.0 Å². The number of carbonyl (C=O) groups excluding carboxylic acids is 8. The molecule has 0 aliphatic heterocycles. The van der Waals surface area contributed by atoms with E-state index in [0.717, 1.165) is 0 Å². The number of benzene rings is 2. The number of carbonyl (C=O) groups is 9. The topological polar surface area (TPSA) is 304 Å². The van der Waals surface area contributed by atoms with Gasteiger partial charge in [0.1, 0.15) is 42.5 Å². The van der Waals surface area contributed by atoms with E-state index in [1.807, 2.05) is 6.92 Å². The Bertz CT molecular complexity index is 1950. The van der Waals surface area contributed by atoms with Crippen LogP contribution in [0.3, 0.4) is 0 Å². The van der Waals surface area contributed by atoms with Crippen molar-refractivity contribution in [2.45, 2.75) is 142 Å². The lowest BCUT2D eigenvalue weighted by Crippen LogP contribution is -2.62. The van der Waals surface area contributed by atoms with Crippen LogP contribution in [-0.4, -0.2) is 119 Å². The van der Waals surface area contributed by atoms with E-state index in [-0.39, 0.29) is 24.7 Å². The number of aliphatic hydroxyl groups is 1. The van der Waals surface area contributed by atoms with Crippen LogP contribution in [0.2, 0.25) is 0 Å². The third-order valence-corrected chi connectivity index (χ3v) is 11.7. The van der Waals surface area contributed by atoms with Crippen LogP contribution in [0.25, 0.3) is 0 Å². The first-order valence-electron chi connectivity index (χ1n) is 22.9. The van der Waals surface area contributed by atoms with E-state index < -0.39 is 127 Å². The molecule has 11 N–H and O–H groups in total. The van der Waals surface area contributed by atoms with Crippen LogP contribution < -0.4 is 43.0 Å². The molecule has 2 aromatic carbocycles. The van der Waals surface area contributed by atoms with E-state index >= 15 is 0 Å². The number of aliphatic carboxylic acids is 1. The second-order valence-electron chi connectivity index (χ2n) is 17.7. The second-order valence-corrected chi connectivity index (χ2v) is 17.7. The Balaban J connectivity index is 2.47. The van der Waals surface area contributed by atoms with Crippen LogP contribution in [0.1, 0.15) is 92.2 Å². The molecule has 0 heterocycles. The maximum atomic E-state index is 14.2. The molecule has 0 aromatic heterocycles. The van der Waals surface area contributed by atoms with Crippen molar-refractivity contribution >= 4 is 53.6 Å². The normalized spacial score (nSPS) is 15.7. The molecule has 0 unspecified atom stereocenters. The molecule has 0 aliphatic rings. The summed E-state index contributed by atoms with van der Waals surface area (Å²) in [5.74, 6) is -8.36. The molecule has 0 radical (unpaired) electrons. The van der Waals surface area contributed by atoms with Crippen LogP contribution in [0.4, 0.5) is 0 Å². The zero-order valence-corrected chi connectivity index (χ0v) is 39.9. The van der Waals surface area contributed by atoms with Crippen molar-refractivity contribution in [1.82, 2.24) is 37.2 Å². The lowest BCUT2D eigenvalue weighted by atomic mass is 9.96. The maximum absolute atomic E-state index is 14.2. The number of amides is 7. The number of hydrogen-bond donors (Lipinski definition) is 10.